The Morgan fingerprint density at radius 2 is 1.77 bits per heavy atom. The normalized spacial score (nSPS) is 15.3. The standard InChI is InChI=1S/C20H20F3N5O2S/c21-20(22,23)13-6-8-14(9-7-13)24-17(29)12-27-19(30)28-16(25-27)10-11-18(26-28)31-15-4-2-1-3-5-15/h6-11,15H,1-5,12H2,(H,24,29). The number of nitrogens with zero attached hydrogens (tertiary/aromatic N) is 4. The van der Waals surface area contributed by atoms with E-state index in [2.05, 4.69) is 15.5 Å². The molecule has 1 aliphatic rings. The van der Waals surface area contributed by atoms with Crippen LogP contribution in [0.25, 0.3) is 5.65 Å². The summed E-state index contributed by atoms with van der Waals surface area (Å²) in [6.45, 7) is -0.381. The lowest BCUT2D eigenvalue weighted by Crippen LogP contribution is -2.29. The minimum absolute atomic E-state index is 0.194. The Morgan fingerprint density at radius 3 is 2.45 bits per heavy atom. The molecule has 11 heteroatoms. The largest absolute Gasteiger partial charge is 0.416 e. The maximum absolute atomic E-state index is 12.6. The first kappa shape index (κ1) is 21.4. The molecule has 31 heavy (non-hydrogen) atoms. The average molecular weight is 451 g/mol. The van der Waals surface area contributed by atoms with E-state index in [9.17, 15) is 22.8 Å². The predicted molar refractivity (Wildman–Crippen MR) is 110 cm³/mol. The van der Waals surface area contributed by atoms with Gasteiger partial charge in [-0.3, -0.25) is 4.79 Å². The lowest BCUT2D eigenvalue weighted by atomic mass is 10.0. The molecule has 0 saturated heterocycles. The van der Waals surface area contributed by atoms with Gasteiger partial charge in [-0.25, -0.2) is 9.48 Å². The minimum Gasteiger partial charge on any atom is -0.324 e. The van der Waals surface area contributed by atoms with Crippen molar-refractivity contribution in [2.75, 3.05) is 5.32 Å². The van der Waals surface area contributed by atoms with Crippen LogP contribution in [0.1, 0.15) is 37.7 Å². The number of hydrogen-bond acceptors (Lipinski definition) is 5. The molecule has 0 radical (unpaired) electrons. The van der Waals surface area contributed by atoms with Gasteiger partial charge in [0.05, 0.1) is 5.56 Å². The topological polar surface area (TPSA) is 81.3 Å². The van der Waals surface area contributed by atoms with Gasteiger partial charge in [-0.1, -0.05) is 19.3 Å². The number of carbonyl (C=O) groups is 1. The van der Waals surface area contributed by atoms with Crippen LogP contribution in [0.5, 0.6) is 0 Å². The summed E-state index contributed by atoms with van der Waals surface area (Å²) < 4.78 is 40.0. The molecule has 2 heterocycles. The summed E-state index contributed by atoms with van der Waals surface area (Å²) in [5, 5.41) is 12.2. The molecule has 1 N–H and O–H groups in total. The molecular weight excluding hydrogens is 431 g/mol. The number of nitrogens with one attached hydrogen (secondary N) is 1. The summed E-state index contributed by atoms with van der Waals surface area (Å²) in [6.07, 6.45) is 1.46. The van der Waals surface area contributed by atoms with Crippen molar-refractivity contribution in [3.05, 3.63) is 52.4 Å². The third-order valence-electron chi connectivity index (χ3n) is 5.04. The van der Waals surface area contributed by atoms with Crippen molar-refractivity contribution in [3.8, 4) is 0 Å². The van der Waals surface area contributed by atoms with Gasteiger partial charge >= 0.3 is 11.9 Å². The molecule has 3 aromatic rings. The van der Waals surface area contributed by atoms with Crippen molar-refractivity contribution in [2.45, 2.75) is 55.1 Å². The number of carbonyl (C=O) groups excluding carboxylic acids is 1. The van der Waals surface area contributed by atoms with E-state index in [0.717, 1.165) is 51.3 Å². The molecular formula is C20H20F3N5O2S. The highest BCUT2D eigenvalue weighted by Gasteiger charge is 2.30. The predicted octanol–water partition coefficient (Wildman–Crippen LogP) is 3.97. The first-order valence-corrected chi connectivity index (χ1v) is 10.8. The summed E-state index contributed by atoms with van der Waals surface area (Å²) in [6, 6.07) is 7.56. The van der Waals surface area contributed by atoms with E-state index < -0.39 is 23.3 Å². The van der Waals surface area contributed by atoms with Crippen LogP contribution in [0.2, 0.25) is 0 Å². The first-order chi connectivity index (χ1) is 14.8. The highest BCUT2D eigenvalue weighted by molar-refractivity contribution is 7.99. The van der Waals surface area contributed by atoms with Crippen molar-refractivity contribution < 1.29 is 18.0 Å². The van der Waals surface area contributed by atoms with Crippen LogP contribution in [0.3, 0.4) is 0 Å². The number of aromatic nitrogens is 4. The molecule has 1 fully saturated rings. The van der Waals surface area contributed by atoms with Crippen molar-refractivity contribution in [1.29, 1.82) is 0 Å². The SMILES string of the molecule is O=C(Cn1nc2ccc(SC3CCCCC3)nn2c1=O)Nc1ccc(C(F)(F)F)cc1. The lowest BCUT2D eigenvalue weighted by Gasteiger charge is -2.20. The third-order valence-corrected chi connectivity index (χ3v) is 6.31. The zero-order valence-corrected chi connectivity index (χ0v) is 17.2. The second-order valence-corrected chi connectivity index (χ2v) is 8.70. The van der Waals surface area contributed by atoms with Crippen LogP contribution in [-0.2, 0) is 17.5 Å². The van der Waals surface area contributed by atoms with Gasteiger partial charge < -0.3 is 5.32 Å². The van der Waals surface area contributed by atoms with E-state index in [-0.39, 0.29) is 12.2 Å². The Hall–Kier alpha value is -2.82. The molecule has 4 rings (SSSR count). The fourth-order valence-electron chi connectivity index (χ4n) is 3.49. The molecule has 0 atom stereocenters. The molecule has 1 amide bonds. The van der Waals surface area contributed by atoms with Crippen molar-refractivity contribution >= 4 is 29.0 Å². The smallest absolute Gasteiger partial charge is 0.324 e. The van der Waals surface area contributed by atoms with Crippen LogP contribution < -0.4 is 11.0 Å². The highest BCUT2D eigenvalue weighted by atomic mass is 32.2. The Kier molecular flexibility index (Phi) is 6.03. The Morgan fingerprint density at radius 1 is 1.06 bits per heavy atom. The molecule has 1 saturated carbocycles. The van der Waals surface area contributed by atoms with Gasteiger partial charge in [0.25, 0.3) is 0 Å². The van der Waals surface area contributed by atoms with Crippen LogP contribution in [0, 0.1) is 0 Å². The Bertz CT molecular complexity index is 1130. The third kappa shape index (κ3) is 5.09. The lowest BCUT2D eigenvalue weighted by molar-refractivity contribution is -0.137. The molecule has 1 aromatic carbocycles. The number of fused-ring (bicyclic) bond motifs is 1. The van der Waals surface area contributed by atoms with E-state index in [1.54, 1.807) is 17.8 Å². The Labute approximate surface area is 179 Å². The molecule has 0 unspecified atom stereocenters. The van der Waals surface area contributed by atoms with E-state index in [1.807, 2.05) is 6.07 Å². The summed E-state index contributed by atoms with van der Waals surface area (Å²) in [7, 11) is 0. The van der Waals surface area contributed by atoms with Gasteiger partial charge in [-0.05, 0) is 49.2 Å². The van der Waals surface area contributed by atoms with Gasteiger partial charge in [0.1, 0.15) is 11.6 Å². The van der Waals surface area contributed by atoms with Crippen LogP contribution in [0.15, 0.2) is 46.2 Å². The van der Waals surface area contributed by atoms with E-state index in [0.29, 0.717) is 10.9 Å². The van der Waals surface area contributed by atoms with E-state index in [4.69, 9.17) is 0 Å². The zero-order valence-electron chi connectivity index (χ0n) is 16.4. The average Bonchev–Trinajstić information content (AvgIpc) is 3.03. The van der Waals surface area contributed by atoms with Gasteiger partial charge in [0.2, 0.25) is 5.91 Å². The van der Waals surface area contributed by atoms with Gasteiger partial charge in [0.15, 0.2) is 5.65 Å². The molecule has 0 bridgehead atoms. The number of hydrogen-bond donors (Lipinski definition) is 1. The summed E-state index contributed by atoms with van der Waals surface area (Å²) in [5.74, 6) is -0.581. The number of anilines is 1. The van der Waals surface area contributed by atoms with Gasteiger partial charge in [-0.15, -0.1) is 16.9 Å². The molecule has 0 spiro atoms. The molecule has 1 aliphatic carbocycles. The van der Waals surface area contributed by atoms with Crippen molar-refractivity contribution in [1.82, 2.24) is 19.4 Å². The quantitative estimate of drug-likeness (QED) is 0.635. The minimum atomic E-state index is -4.45. The highest BCUT2D eigenvalue weighted by Crippen LogP contribution is 2.32. The fraction of sp³-hybridized carbons (Fsp3) is 0.400. The monoisotopic (exact) mass is 451 g/mol. The second-order valence-electron chi connectivity index (χ2n) is 7.38. The number of rotatable bonds is 5. The fourth-order valence-corrected chi connectivity index (χ4v) is 4.68. The number of halogens is 3. The van der Waals surface area contributed by atoms with E-state index >= 15 is 0 Å². The summed E-state index contributed by atoms with van der Waals surface area (Å²) >= 11 is 1.65. The number of amides is 1. The van der Waals surface area contributed by atoms with Gasteiger partial charge in [0, 0.05) is 10.9 Å². The molecule has 164 valence electrons. The van der Waals surface area contributed by atoms with Gasteiger partial charge in [-0.2, -0.15) is 22.8 Å². The van der Waals surface area contributed by atoms with E-state index in [1.165, 1.54) is 19.3 Å². The van der Waals surface area contributed by atoms with Crippen molar-refractivity contribution in [3.63, 3.8) is 0 Å². The van der Waals surface area contributed by atoms with Crippen LogP contribution >= 0.6 is 11.8 Å². The number of benzene rings is 1. The number of alkyl halides is 3. The molecule has 7 nitrogen and oxygen atoms in total. The molecule has 0 aliphatic heterocycles. The summed E-state index contributed by atoms with van der Waals surface area (Å²) in [5.41, 5.74) is -0.849. The van der Waals surface area contributed by atoms with Crippen LogP contribution in [0.4, 0.5) is 18.9 Å². The number of thioether (sulfide) groups is 1. The summed E-state index contributed by atoms with van der Waals surface area (Å²) in [4.78, 5) is 24.9. The van der Waals surface area contributed by atoms with Crippen molar-refractivity contribution in [2.24, 2.45) is 0 Å². The maximum atomic E-state index is 12.6. The van der Waals surface area contributed by atoms with Crippen LogP contribution in [-0.4, -0.2) is 30.6 Å². The Balaban J connectivity index is 1.44. The second kappa shape index (κ2) is 8.74. The molecule has 2 aromatic heterocycles. The zero-order chi connectivity index (χ0) is 22.0. The maximum Gasteiger partial charge on any atom is 0.416 e. The first-order valence-electron chi connectivity index (χ1n) is 9.90.